The zero-order valence-corrected chi connectivity index (χ0v) is 18.8. The lowest BCUT2D eigenvalue weighted by atomic mass is 10.2. The lowest BCUT2D eigenvalue weighted by Crippen LogP contribution is -2.07. The number of nitrogens with zero attached hydrogens (tertiary/aromatic N) is 3. The number of carbonyl (C=O) groups excluding carboxylic acids is 1. The van der Waals surface area contributed by atoms with Crippen LogP contribution in [0.25, 0.3) is 10.9 Å². The summed E-state index contributed by atoms with van der Waals surface area (Å²) in [5.74, 6) is 0.632. The highest BCUT2D eigenvalue weighted by Crippen LogP contribution is 2.39. The predicted octanol–water partition coefficient (Wildman–Crippen LogP) is 5.96. The first-order valence-corrected chi connectivity index (χ1v) is 10.8. The van der Waals surface area contributed by atoms with E-state index in [1.165, 1.54) is 0 Å². The van der Waals surface area contributed by atoms with Crippen molar-refractivity contribution in [1.82, 2.24) is 4.57 Å². The molecule has 0 aliphatic carbocycles. The third-order valence-corrected chi connectivity index (χ3v) is 5.22. The van der Waals surface area contributed by atoms with Gasteiger partial charge < -0.3 is 19.1 Å². The first kappa shape index (κ1) is 22.8. The summed E-state index contributed by atoms with van der Waals surface area (Å²) in [5.41, 5.74) is 2.96. The molecule has 0 fully saturated rings. The van der Waals surface area contributed by atoms with E-state index in [2.05, 4.69) is 16.8 Å². The van der Waals surface area contributed by atoms with Crippen LogP contribution in [0, 0.1) is 6.92 Å². The second-order valence-corrected chi connectivity index (χ2v) is 7.68. The van der Waals surface area contributed by atoms with Crippen molar-refractivity contribution in [3.05, 3.63) is 96.6 Å². The number of benzene rings is 3. The van der Waals surface area contributed by atoms with Crippen LogP contribution in [-0.4, -0.2) is 28.8 Å². The van der Waals surface area contributed by atoms with Crippen LogP contribution in [0.4, 0.5) is 5.69 Å². The summed E-state index contributed by atoms with van der Waals surface area (Å²) in [6.07, 6.45) is 1.68. The number of aromatic nitrogens is 1. The molecular formula is C27H25N3O4. The number of azo groups is 1. The van der Waals surface area contributed by atoms with Crippen LogP contribution in [0.2, 0.25) is 0 Å². The van der Waals surface area contributed by atoms with E-state index in [0.717, 1.165) is 16.6 Å². The average Bonchev–Trinajstić information content (AvgIpc) is 3.12. The van der Waals surface area contributed by atoms with Crippen molar-refractivity contribution in [3.8, 4) is 17.4 Å². The molecule has 3 aromatic carbocycles. The first-order valence-electron chi connectivity index (χ1n) is 10.8. The summed E-state index contributed by atoms with van der Waals surface area (Å²) < 4.78 is 12.9. The Balaban J connectivity index is 1.57. The van der Waals surface area contributed by atoms with Gasteiger partial charge in [-0.3, -0.25) is 4.79 Å². The zero-order chi connectivity index (χ0) is 23.9. The van der Waals surface area contributed by atoms with E-state index in [-0.39, 0.29) is 18.2 Å². The maximum atomic E-state index is 12.2. The minimum Gasteiger partial charge on any atom is -0.493 e. The van der Waals surface area contributed by atoms with Crippen molar-refractivity contribution in [2.75, 3.05) is 13.2 Å². The molecule has 172 valence electrons. The molecule has 0 atom stereocenters. The molecule has 0 spiro atoms. The van der Waals surface area contributed by atoms with Crippen LogP contribution in [-0.2, 0) is 11.3 Å². The van der Waals surface area contributed by atoms with Crippen molar-refractivity contribution in [2.45, 2.75) is 13.5 Å². The van der Waals surface area contributed by atoms with Gasteiger partial charge in [0.05, 0.1) is 12.1 Å². The largest absolute Gasteiger partial charge is 0.493 e. The predicted molar refractivity (Wildman–Crippen MR) is 131 cm³/mol. The molecule has 0 saturated heterocycles. The number of amides is 1. The number of hydrogen-bond donors (Lipinski definition) is 1. The van der Waals surface area contributed by atoms with E-state index in [4.69, 9.17) is 9.47 Å². The van der Waals surface area contributed by atoms with Crippen molar-refractivity contribution in [2.24, 2.45) is 10.2 Å². The van der Waals surface area contributed by atoms with E-state index >= 15 is 0 Å². The summed E-state index contributed by atoms with van der Waals surface area (Å²) in [6.45, 7) is 6.13. The molecule has 1 amide bonds. The molecule has 0 unspecified atom stereocenters. The van der Waals surface area contributed by atoms with Gasteiger partial charge in [-0.15, -0.1) is 10.2 Å². The highest BCUT2D eigenvalue weighted by atomic mass is 16.5. The van der Waals surface area contributed by atoms with Crippen LogP contribution >= 0.6 is 0 Å². The zero-order valence-electron chi connectivity index (χ0n) is 18.8. The Kier molecular flexibility index (Phi) is 7.03. The van der Waals surface area contributed by atoms with Crippen molar-refractivity contribution < 1.29 is 19.4 Å². The minimum absolute atomic E-state index is 0.0873. The highest BCUT2D eigenvalue weighted by molar-refractivity contribution is 5.95. The van der Waals surface area contributed by atoms with Crippen molar-refractivity contribution >= 4 is 22.5 Å². The molecule has 0 aliphatic heterocycles. The fourth-order valence-electron chi connectivity index (χ4n) is 3.54. The lowest BCUT2D eigenvalue weighted by Gasteiger charge is -2.12. The summed E-state index contributed by atoms with van der Waals surface area (Å²) in [7, 11) is 0. The van der Waals surface area contributed by atoms with Gasteiger partial charge in [0, 0.05) is 10.9 Å². The normalized spacial score (nSPS) is 11.1. The first-order chi connectivity index (χ1) is 16.6. The maximum absolute atomic E-state index is 12.2. The van der Waals surface area contributed by atoms with Crippen LogP contribution < -0.4 is 9.47 Å². The van der Waals surface area contributed by atoms with Gasteiger partial charge in [-0.25, -0.2) is 0 Å². The van der Waals surface area contributed by atoms with Crippen molar-refractivity contribution in [3.63, 3.8) is 0 Å². The number of fused-ring (bicyclic) bond motifs is 1. The monoisotopic (exact) mass is 455 g/mol. The molecule has 7 heteroatoms. The maximum Gasteiger partial charge on any atom is 0.302 e. The molecule has 1 aromatic heterocycles. The fraction of sp³-hybridized carbons (Fsp3) is 0.148. The molecule has 0 bridgehead atoms. The van der Waals surface area contributed by atoms with E-state index in [9.17, 15) is 9.90 Å². The van der Waals surface area contributed by atoms with E-state index in [1.54, 1.807) is 22.8 Å². The van der Waals surface area contributed by atoms with Crippen LogP contribution in [0.5, 0.6) is 17.4 Å². The Labute approximate surface area is 197 Å². The number of ether oxygens (including phenoxy) is 2. The van der Waals surface area contributed by atoms with E-state index < -0.39 is 5.91 Å². The molecule has 1 heterocycles. The number of para-hydroxylation sites is 2. The van der Waals surface area contributed by atoms with Gasteiger partial charge in [0.2, 0.25) is 5.88 Å². The Morgan fingerprint density at radius 3 is 2.56 bits per heavy atom. The molecule has 0 aliphatic rings. The van der Waals surface area contributed by atoms with Crippen LogP contribution in [0.3, 0.4) is 0 Å². The van der Waals surface area contributed by atoms with E-state index in [0.29, 0.717) is 30.0 Å². The quantitative estimate of drug-likeness (QED) is 0.249. The number of rotatable bonds is 9. The van der Waals surface area contributed by atoms with Gasteiger partial charge in [0.25, 0.3) is 0 Å². The number of aromatic hydroxyl groups is 1. The van der Waals surface area contributed by atoms with Gasteiger partial charge in [-0.05, 0) is 31.2 Å². The molecule has 4 rings (SSSR count). The standard InChI is InChI=1S/C27H25N3O4/c1-3-16-33-24-11-7-4-8-20(24)17-30-23-10-6-5-9-22(23)26(27(30)32)29-28-25(31)18-34-21-14-12-19(2)13-15-21/h3-15,32H,1,16-18H2,2H3. The van der Waals surface area contributed by atoms with Crippen molar-refractivity contribution in [1.29, 1.82) is 0 Å². The highest BCUT2D eigenvalue weighted by Gasteiger charge is 2.18. The fourth-order valence-corrected chi connectivity index (χ4v) is 3.54. The smallest absolute Gasteiger partial charge is 0.302 e. The number of aryl methyl sites for hydroxylation is 1. The topological polar surface area (TPSA) is 85.4 Å². The Morgan fingerprint density at radius 2 is 1.76 bits per heavy atom. The second-order valence-electron chi connectivity index (χ2n) is 7.68. The van der Waals surface area contributed by atoms with Gasteiger partial charge in [-0.2, -0.15) is 0 Å². The molecule has 0 radical (unpaired) electrons. The molecule has 7 nitrogen and oxygen atoms in total. The summed E-state index contributed by atoms with van der Waals surface area (Å²) in [5, 5.41) is 19.5. The van der Waals surface area contributed by atoms with Crippen LogP contribution in [0.15, 0.2) is 95.7 Å². The number of hydrogen-bond acceptors (Lipinski definition) is 5. The SMILES string of the molecule is C=CCOc1ccccc1Cn1c(O)c(N=NC(=O)COc2ccc(C)cc2)c2ccccc21. The molecule has 0 saturated carbocycles. The Hall–Kier alpha value is -4.39. The summed E-state index contributed by atoms with van der Waals surface area (Å²) >= 11 is 0. The Morgan fingerprint density at radius 1 is 1.03 bits per heavy atom. The average molecular weight is 456 g/mol. The third-order valence-electron chi connectivity index (χ3n) is 5.22. The van der Waals surface area contributed by atoms with Gasteiger partial charge in [0.1, 0.15) is 18.1 Å². The van der Waals surface area contributed by atoms with Gasteiger partial charge in [0.15, 0.2) is 12.3 Å². The van der Waals surface area contributed by atoms with Crippen LogP contribution in [0.1, 0.15) is 11.1 Å². The minimum atomic E-state index is -0.556. The third kappa shape index (κ3) is 5.15. The molecular weight excluding hydrogens is 430 g/mol. The van der Waals surface area contributed by atoms with Gasteiger partial charge >= 0.3 is 5.91 Å². The summed E-state index contributed by atoms with van der Waals surface area (Å²) in [6, 6.07) is 22.4. The molecule has 4 aromatic rings. The Bertz CT molecular complexity index is 1340. The lowest BCUT2D eigenvalue weighted by molar-refractivity contribution is -0.120. The number of carbonyl (C=O) groups is 1. The van der Waals surface area contributed by atoms with Gasteiger partial charge in [-0.1, -0.05) is 66.7 Å². The molecule has 34 heavy (non-hydrogen) atoms. The molecule has 1 N–H and O–H groups in total. The van der Waals surface area contributed by atoms with E-state index in [1.807, 2.05) is 67.6 Å². The summed E-state index contributed by atoms with van der Waals surface area (Å²) in [4.78, 5) is 12.2. The second kappa shape index (κ2) is 10.5.